The van der Waals surface area contributed by atoms with Crippen LogP contribution < -0.4 is 11.1 Å². The molecule has 1 unspecified atom stereocenters. The molecule has 0 aromatic rings. The molecule has 3 heteroatoms. The van der Waals surface area contributed by atoms with Gasteiger partial charge in [0, 0.05) is 13.2 Å². The van der Waals surface area contributed by atoms with E-state index in [4.69, 9.17) is 10.5 Å². The summed E-state index contributed by atoms with van der Waals surface area (Å²) in [5.41, 5.74) is 5.54. The number of hydrogen-bond acceptors (Lipinski definition) is 3. The van der Waals surface area contributed by atoms with Gasteiger partial charge in [-0.2, -0.15) is 0 Å². The molecule has 0 amide bonds. The molecule has 1 aliphatic rings. The van der Waals surface area contributed by atoms with Crippen LogP contribution in [0.25, 0.3) is 0 Å². The predicted molar refractivity (Wildman–Crippen MR) is 31.4 cm³/mol. The maximum atomic E-state index is 5.54. The highest BCUT2D eigenvalue weighted by molar-refractivity contribution is 4.60. The van der Waals surface area contributed by atoms with Gasteiger partial charge in [0.1, 0.15) is 0 Å². The third-order valence-corrected chi connectivity index (χ3v) is 1.23. The Morgan fingerprint density at radius 2 is 2.38 bits per heavy atom. The number of nitrogens with one attached hydrogen (secondary N) is 1. The third kappa shape index (κ3) is 1.78. The Kier molecular flexibility index (Phi) is 2.27. The summed E-state index contributed by atoms with van der Waals surface area (Å²) >= 11 is 0. The lowest BCUT2D eigenvalue weighted by atomic mass is 10.4. The molecule has 1 rings (SSSR count). The molecule has 3 N–H and O–H groups in total. The summed E-state index contributed by atoms with van der Waals surface area (Å²) < 4.78 is 5.12. The molecule has 3 nitrogen and oxygen atoms in total. The molecule has 1 heterocycles. The molecule has 0 bridgehead atoms. The molecule has 1 fully saturated rings. The minimum absolute atomic E-state index is 0.150. The highest BCUT2D eigenvalue weighted by Crippen LogP contribution is 1.89. The van der Waals surface area contributed by atoms with E-state index < -0.39 is 0 Å². The second kappa shape index (κ2) is 3.02. The van der Waals surface area contributed by atoms with E-state index in [-0.39, 0.29) is 6.17 Å². The van der Waals surface area contributed by atoms with Gasteiger partial charge in [-0.25, -0.2) is 0 Å². The average Bonchev–Trinajstić information content (AvgIpc) is 1.94. The first-order valence-electron chi connectivity index (χ1n) is 2.96. The van der Waals surface area contributed by atoms with Crippen LogP contribution in [0, 0.1) is 0 Å². The Bertz CT molecular complexity index is 59.4. The number of ether oxygens (including phenoxy) is 1. The first-order valence-corrected chi connectivity index (χ1v) is 2.96. The highest BCUT2D eigenvalue weighted by Gasteiger charge is 2.03. The number of hydrogen-bond donors (Lipinski definition) is 2. The molecule has 1 atom stereocenters. The minimum Gasteiger partial charge on any atom is -0.380 e. The van der Waals surface area contributed by atoms with E-state index >= 15 is 0 Å². The number of rotatable bonds is 0. The second-order valence-electron chi connectivity index (χ2n) is 1.96. The maximum Gasteiger partial charge on any atom is 0.0591 e. The second-order valence-corrected chi connectivity index (χ2v) is 1.96. The molecule has 0 radical (unpaired) electrons. The summed E-state index contributed by atoms with van der Waals surface area (Å²) in [4.78, 5) is 0. The standard InChI is InChI=1S/C5H12N2O/c6-5-1-3-8-4-2-7-5/h5,7H,1-4,6H2. The Morgan fingerprint density at radius 1 is 1.50 bits per heavy atom. The lowest BCUT2D eigenvalue weighted by Gasteiger charge is -2.05. The van der Waals surface area contributed by atoms with Crippen molar-refractivity contribution >= 4 is 0 Å². The summed E-state index contributed by atoms with van der Waals surface area (Å²) in [5.74, 6) is 0. The van der Waals surface area contributed by atoms with E-state index in [0.717, 1.165) is 26.2 Å². The Hall–Kier alpha value is -0.120. The molecule has 0 spiro atoms. The van der Waals surface area contributed by atoms with Gasteiger partial charge in [-0.05, 0) is 6.42 Å². The van der Waals surface area contributed by atoms with E-state index in [9.17, 15) is 0 Å². The van der Waals surface area contributed by atoms with Crippen molar-refractivity contribution < 1.29 is 4.74 Å². The molecule has 0 saturated carbocycles. The quantitative estimate of drug-likeness (QED) is 0.439. The first-order chi connectivity index (χ1) is 3.89. The summed E-state index contributed by atoms with van der Waals surface area (Å²) in [7, 11) is 0. The van der Waals surface area contributed by atoms with Crippen molar-refractivity contribution in [1.29, 1.82) is 0 Å². The normalized spacial score (nSPS) is 31.9. The highest BCUT2D eigenvalue weighted by atomic mass is 16.5. The third-order valence-electron chi connectivity index (χ3n) is 1.23. The zero-order valence-electron chi connectivity index (χ0n) is 4.89. The lowest BCUT2D eigenvalue weighted by Crippen LogP contribution is -2.37. The van der Waals surface area contributed by atoms with Crippen molar-refractivity contribution in [3.8, 4) is 0 Å². The van der Waals surface area contributed by atoms with Gasteiger partial charge >= 0.3 is 0 Å². The molecule has 8 heavy (non-hydrogen) atoms. The fourth-order valence-electron chi connectivity index (χ4n) is 0.731. The van der Waals surface area contributed by atoms with E-state index in [1.165, 1.54) is 0 Å². The van der Waals surface area contributed by atoms with Crippen molar-refractivity contribution in [3.63, 3.8) is 0 Å². The average molecular weight is 116 g/mol. The summed E-state index contributed by atoms with van der Waals surface area (Å²) in [5, 5.41) is 3.10. The molecular formula is C5H12N2O. The van der Waals surface area contributed by atoms with E-state index in [0.29, 0.717) is 0 Å². The van der Waals surface area contributed by atoms with Gasteiger partial charge in [-0.15, -0.1) is 0 Å². The molecule has 0 aromatic carbocycles. The summed E-state index contributed by atoms with van der Waals surface area (Å²) in [6.07, 6.45) is 1.08. The zero-order valence-corrected chi connectivity index (χ0v) is 4.89. The Morgan fingerprint density at radius 3 is 3.25 bits per heavy atom. The van der Waals surface area contributed by atoms with Gasteiger partial charge in [0.05, 0.1) is 12.8 Å². The van der Waals surface area contributed by atoms with Crippen LogP contribution in [0.2, 0.25) is 0 Å². The Balaban J connectivity index is 2.17. The largest absolute Gasteiger partial charge is 0.380 e. The predicted octanol–water partition coefficient (Wildman–Crippen LogP) is -0.719. The monoisotopic (exact) mass is 116 g/mol. The fraction of sp³-hybridized carbons (Fsp3) is 1.00. The van der Waals surface area contributed by atoms with Crippen LogP contribution in [-0.4, -0.2) is 25.9 Å². The lowest BCUT2D eigenvalue weighted by molar-refractivity contribution is 0.150. The Labute approximate surface area is 49.2 Å². The van der Waals surface area contributed by atoms with Gasteiger partial charge in [-0.3, -0.25) is 5.32 Å². The van der Waals surface area contributed by atoms with Crippen LogP contribution >= 0.6 is 0 Å². The minimum atomic E-state index is 0.150. The molecule has 1 aliphatic heterocycles. The van der Waals surface area contributed by atoms with E-state index in [1.807, 2.05) is 0 Å². The SMILES string of the molecule is NC1CCOCCN1. The van der Waals surface area contributed by atoms with Gasteiger partial charge in [-0.1, -0.05) is 0 Å². The van der Waals surface area contributed by atoms with E-state index in [1.54, 1.807) is 0 Å². The van der Waals surface area contributed by atoms with Crippen LogP contribution in [0.5, 0.6) is 0 Å². The van der Waals surface area contributed by atoms with Crippen LogP contribution in [0.3, 0.4) is 0 Å². The van der Waals surface area contributed by atoms with Gasteiger partial charge in [0.2, 0.25) is 0 Å². The van der Waals surface area contributed by atoms with Crippen LogP contribution in [-0.2, 0) is 4.74 Å². The van der Waals surface area contributed by atoms with Gasteiger partial charge in [0.15, 0.2) is 0 Å². The van der Waals surface area contributed by atoms with Crippen LogP contribution in [0.1, 0.15) is 6.42 Å². The molecular weight excluding hydrogens is 104 g/mol. The van der Waals surface area contributed by atoms with Crippen LogP contribution in [0.15, 0.2) is 0 Å². The molecule has 48 valence electrons. The zero-order chi connectivity index (χ0) is 5.82. The van der Waals surface area contributed by atoms with Crippen molar-refractivity contribution in [1.82, 2.24) is 5.32 Å². The summed E-state index contributed by atoms with van der Waals surface area (Å²) in [6.45, 7) is 2.49. The van der Waals surface area contributed by atoms with Crippen molar-refractivity contribution in [2.45, 2.75) is 12.6 Å². The molecule has 0 aromatic heterocycles. The smallest absolute Gasteiger partial charge is 0.0591 e. The van der Waals surface area contributed by atoms with Gasteiger partial charge < -0.3 is 10.5 Å². The molecule has 0 aliphatic carbocycles. The number of nitrogens with two attached hydrogens (primary N) is 1. The van der Waals surface area contributed by atoms with Gasteiger partial charge in [0.25, 0.3) is 0 Å². The molecule has 1 saturated heterocycles. The van der Waals surface area contributed by atoms with Crippen molar-refractivity contribution in [2.24, 2.45) is 5.73 Å². The van der Waals surface area contributed by atoms with Crippen molar-refractivity contribution in [2.75, 3.05) is 19.8 Å². The fourth-order valence-corrected chi connectivity index (χ4v) is 0.731. The topological polar surface area (TPSA) is 47.3 Å². The van der Waals surface area contributed by atoms with Crippen LogP contribution in [0.4, 0.5) is 0 Å². The first kappa shape index (κ1) is 6.01. The van der Waals surface area contributed by atoms with E-state index in [2.05, 4.69) is 5.32 Å². The maximum absolute atomic E-state index is 5.54. The summed E-state index contributed by atoms with van der Waals surface area (Å²) in [6, 6.07) is 0. The van der Waals surface area contributed by atoms with Crippen molar-refractivity contribution in [3.05, 3.63) is 0 Å².